The third kappa shape index (κ3) is 4.20. The van der Waals surface area contributed by atoms with Crippen LogP contribution in [0.15, 0.2) is 35.5 Å². The highest BCUT2D eigenvalue weighted by molar-refractivity contribution is 7.99. The van der Waals surface area contributed by atoms with E-state index in [0.29, 0.717) is 6.42 Å². The Morgan fingerprint density at radius 3 is 2.70 bits per heavy atom. The Labute approximate surface area is 123 Å². The average Bonchev–Trinajstić information content (AvgIpc) is 2.77. The number of ketones is 1. The molecule has 1 aromatic heterocycles. The topological polar surface area (TPSA) is 47.8 Å². The summed E-state index contributed by atoms with van der Waals surface area (Å²) in [7, 11) is 0. The number of nitrogens with zero attached hydrogens (tertiary/aromatic N) is 3. The molecule has 2 aromatic rings. The van der Waals surface area contributed by atoms with E-state index in [1.807, 2.05) is 25.1 Å². The molecule has 0 atom stereocenters. The molecule has 0 unspecified atom stereocenters. The number of rotatable bonds is 7. The van der Waals surface area contributed by atoms with E-state index in [-0.39, 0.29) is 5.78 Å². The number of carbonyl (C=O) groups is 1. The first-order chi connectivity index (χ1) is 9.66. The first-order valence-corrected chi connectivity index (χ1v) is 7.71. The van der Waals surface area contributed by atoms with E-state index in [2.05, 4.69) is 26.9 Å². The van der Waals surface area contributed by atoms with Gasteiger partial charge in [0.2, 0.25) is 0 Å². The normalized spacial score (nSPS) is 10.7. The first kappa shape index (κ1) is 14.8. The highest BCUT2D eigenvalue weighted by Gasteiger charge is 2.09. The Hall–Kier alpha value is -1.62. The molecule has 0 aliphatic rings. The monoisotopic (exact) mass is 289 g/mol. The summed E-state index contributed by atoms with van der Waals surface area (Å²) < 4.78 is 2.12. The second-order valence-corrected chi connectivity index (χ2v) is 5.82. The zero-order valence-corrected chi connectivity index (χ0v) is 12.7. The van der Waals surface area contributed by atoms with E-state index < -0.39 is 0 Å². The van der Waals surface area contributed by atoms with Gasteiger partial charge in [0.15, 0.2) is 5.16 Å². The van der Waals surface area contributed by atoms with Crippen LogP contribution >= 0.6 is 11.8 Å². The highest BCUT2D eigenvalue weighted by Crippen LogP contribution is 2.19. The van der Waals surface area contributed by atoms with Gasteiger partial charge in [-0.25, -0.2) is 0 Å². The molecule has 20 heavy (non-hydrogen) atoms. The minimum atomic E-state index is 0.243. The van der Waals surface area contributed by atoms with Crippen LogP contribution in [0.25, 0.3) is 0 Å². The lowest BCUT2D eigenvalue weighted by Crippen LogP contribution is -2.04. The van der Waals surface area contributed by atoms with Gasteiger partial charge in [0.25, 0.3) is 0 Å². The lowest BCUT2D eigenvalue weighted by molar-refractivity contribution is -0.117. The predicted molar refractivity (Wildman–Crippen MR) is 80.9 cm³/mol. The molecular formula is C15H19N3OS. The lowest BCUT2D eigenvalue weighted by atomic mass is 10.2. The van der Waals surface area contributed by atoms with Crippen LogP contribution in [0.1, 0.15) is 31.2 Å². The smallest absolute Gasteiger partial charge is 0.191 e. The average molecular weight is 289 g/mol. The third-order valence-corrected chi connectivity index (χ3v) is 4.04. The minimum Gasteiger partial charge on any atom is -0.302 e. The summed E-state index contributed by atoms with van der Waals surface area (Å²) in [5.74, 6) is 2.06. The molecule has 4 nitrogen and oxygen atoms in total. The summed E-state index contributed by atoms with van der Waals surface area (Å²) in [6, 6.07) is 10.3. The van der Waals surface area contributed by atoms with E-state index >= 15 is 0 Å². The van der Waals surface area contributed by atoms with E-state index in [0.717, 1.165) is 29.7 Å². The standard InChI is InChI=1S/C15H19N3OS/c1-12(19)7-6-10-20-15-17-16-13(2)18(15)11-14-8-4-3-5-9-14/h3-5,8-9H,6-7,10-11H2,1-2H3. The Morgan fingerprint density at radius 1 is 1.25 bits per heavy atom. The molecule has 0 spiro atoms. The molecule has 1 aromatic carbocycles. The number of carbonyl (C=O) groups excluding carboxylic acids is 1. The molecule has 2 rings (SSSR count). The molecule has 0 bridgehead atoms. The van der Waals surface area contributed by atoms with E-state index in [9.17, 15) is 4.79 Å². The van der Waals surface area contributed by atoms with E-state index in [1.165, 1.54) is 5.56 Å². The predicted octanol–water partition coefficient (Wildman–Crippen LogP) is 3.10. The van der Waals surface area contributed by atoms with Gasteiger partial charge in [0.05, 0.1) is 6.54 Å². The van der Waals surface area contributed by atoms with Gasteiger partial charge in [-0.05, 0) is 25.8 Å². The van der Waals surface area contributed by atoms with Gasteiger partial charge < -0.3 is 9.36 Å². The first-order valence-electron chi connectivity index (χ1n) is 6.73. The molecule has 0 amide bonds. The lowest BCUT2D eigenvalue weighted by Gasteiger charge is -2.08. The highest BCUT2D eigenvalue weighted by atomic mass is 32.2. The van der Waals surface area contributed by atoms with Crippen LogP contribution in [0, 0.1) is 6.92 Å². The number of Topliss-reactive ketones (excluding diaryl/α,β-unsaturated/α-hetero) is 1. The van der Waals surface area contributed by atoms with Gasteiger partial charge in [0.1, 0.15) is 11.6 Å². The summed E-state index contributed by atoms with van der Waals surface area (Å²) in [6.07, 6.45) is 1.52. The summed E-state index contributed by atoms with van der Waals surface area (Å²) >= 11 is 1.67. The van der Waals surface area contributed by atoms with Crippen molar-refractivity contribution in [2.24, 2.45) is 0 Å². The van der Waals surface area contributed by atoms with Crippen LogP contribution in [0.4, 0.5) is 0 Å². The van der Waals surface area contributed by atoms with Crippen molar-refractivity contribution >= 4 is 17.5 Å². The zero-order chi connectivity index (χ0) is 14.4. The molecular weight excluding hydrogens is 270 g/mol. The summed E-state index contributed by atoms with van der Waals surface area (Å²) in [5, 5.41) is 9.30. The Kier molecular flexibility index (Phi) is 5.35. The van der Waals surface area contributed by atoms with Gasteiger partial charge in [-0.1, -0.05) is 42.1 Å². The number of aromatic nitrogens is 3. The van der Waals surface area contributed by atoms with Crippen molar-refractivity contribution in [3.05, 3.63) is 41.7 Å². The van der Waals surface area contributed by atoms with Crippen molar-refractivity contribution in [3.8, 4) is 0 Å². The van der Waals surface area contributed by atoms with Crippen LogP contribution in [0.5, 0.6) is 0 Å². The Morgan fingerprint density at radius 2 is 2.00 bits per heavy atom. The third-order valence-electron chi connectivity index (χ3n) is 2.99. The molecule has 1 heterocycles. The molecule has 0 aliphatic heterocycles. The van der Waals surface area contributed by atoms with E-state index in [1.54, 1.807) is 18.7 Å². The van der Waals surface area contributed by atoms with Crippen molar-refractivity contribution in [2.45, 2.75) is 38.4 Å². The van der Waals surface area contributed by atoms with Gasteiger partial charge in [-0.2, -0.15) is 0 Å². The SMILES string of the molecule is CC(=O)CCCSc1nnc(C)n1Cc1ccccc1. The molecule has 5 heteroatoms. The van der Waals surface area contributed by atoms with E-state index in [4.69, 9.17) is 0 Å². The van der Waals surface area contributed by atoms with Crippen LogP contribution in [0.3, 0.4) is 0 Å². The fraction of sp³-hybridized carbons (Fsp3) is 0.400. The summed E-state index contributed by atoms with van der Waals surface area (Å²) in [4.78, 5) is 10.9. The molecule has 0 radical (unpaired) electrons. The number of benzene rings is 1. The number of thioether (sulfide) groups is 1. The fourth-order valence-corrected chi connectivity index (χ4v) is 2.82. The van der Waals surface area contributed by atoms with Gasteiger partial charge >= 0.3 is 0 Å². The largest absolute Gasteiger partial charge is 0.302 e. The van der Waals surface area contributed by atoms with Gasteiger partial charge in [-0.3, -0.25) is 0 Å². The zero-order valence-electron chi connectivity index (χ0n) is 11.9. The maximum absolute atomic E-state index is 10.9. The molecule has 0 N–H and O–H groups in total. The van der Waals surface area contributed by atoms with Crippen LogP contribution in [0.2, 0.25) is 0 Å². The fourth-order valence-electron chi connectivity index (χ4n) is 1.90. The van der Waals surface area contributed by atoms with Crippen LogP contribution < -0.4 is 0 Å². The summed E-state index contributed by atoms with van der Waals surface area (Å²) in [6.45, 7) is 4.39. The molecule has 0 saturated heterocycles. The number of hydrogen-bond acceptors (Lipinski definition) is 4. The van der Waals surface area contributed by atoms with Crippen molar-refractivity contribution in [1.29, 1.82) is 0 Å². The number of hydrogen-bond donors (Lipinski definition) is 0. The molecule has 0 saturated carbocycles. The maximum atomic E-state index is 10.9. The van der Waals surface area contributed by atoms with Crippen molar-refractivity contribution < 1.29 is 4.79 Å². The molecule has 0 fully saturated rings. The second kappa shape index (κ2) is 7.24. The quantitative estimate of drug-likeness (QED) is 0.580. The Balaban J connectivity index is 1.98. The molecule has 0 aliphatic carbocycles. The van der Waals surface area contributed by atoms with Gasteiger partial charge in [0, 0.05) is 12.2 Å². The van der Waals surface area contributed by atoms with Crippen molar-refractivity contribution in [2.75, 3.05) is 5.75 Å². The Bertz CT molecular complexity index is 566. The van der Waals surface area contributed by atoms with Crippen molar-refractivity contribution in [3.63, 3.8) is 0 Å². The van der Waals surface area contributed by atoms with Crippen LogP contribution in [-0.4, -0.2) is 26.3 Å². The number of aryl methyl sites for hydroxylation is 1. The maximum Gasteiger partial charge on any atom is 0.191 e. The van der Waals surface area contributed by atoms with Gasteiger partial charge in [-0.15, -0.1) is 10.2 Å². The second-order valence-electron chi connectivity index (χ2n) is 4.76. The minimum absolute atomic E-state index is 0.243. The van der Waals surface area contributed by atoms with Crippen LogP contribution in [-0.2, 0) is 11.3 Å². The summed E-state index contributed by atoms with van der Waals surface area (Å²) in [5.41, 5.74) is 1.24. The molecule has 106 valence electrons. The van der Waals surface area contributed by atoms with Crippen molar-refractivity contribution in [1.82, 2.24) is 14.8 Å².